The summed E-state index contributed by atoms with van der Waals surface area (Å²) in [5.74, 6) is 0. The van der Waals surface area contributed by atoms with Gasteiger partial charge in [0.1, 0.15) is 5.71 Å². The van der Waals surface area contributed by atoms with Crippen LogP contribution in [0.4, 0.5) is 11.4 Å². The smallest absolute Gasteiger partial charge is 0.270 e. The van der Waals surface area contributed by atoms with Gasteiger partial charge in [-0.2, -0.15) is 5.10 Å². The third-order valence-corrected chi connectivity index (χ3v) is 2.92. The van der Waals surface area contributed by atoms with Crippen LogP contribution in [0.15, 0.2) is 53.6 Å². The van der Waals surface area contributed by atoms with E-state index in [0.29, 0.717) is 17.0 Å². The molecule has 2 rings (SSSR count). The number of hydrogen-bond donors (Lipinski definition) is 3. The van der Waals surface area contributed by atoms with Gasteiger partial charge in [-0.05, 0) is 18.3 Å². The van der Waals surface area contributed by atoms with Gasteiger partial charge in [0.05, 0.1) is 4.92 Å². The van der Waals surface area contributed by atoms with E-state index in [1.165, 1.54) is 18.2 Å². The molecule has 5 N–H and O–H groups in total. The van der Waals surface area contributed by atoms with Gasteiger partial charge in [0.2, 0.25) is 0 Å². The lowest BCUT2D eigenvalue weighted by atomic mass is 10.0. The van der Waals surface area contributed by atoms with Gasteiger partial charge in [-0.25, -0.2) is 0 Å². The zero-order valence-corrected chi connectivity index (χ0v) is 12.2. The first-order valence-electron chi connectivity index (χ1n) is 6.22. The minimum atomic E-state index is -0.494. The third-order valence-electron chi connectivity index (χ3n) is 2.83. The molecule has 0 atom stereocenters. The number of nitrogens with one attached hydrogen (secondary N) is 1. The van der Waals surface area contributed by atoms with E-state index >= 15 is 0 Å². The molecule has 0 saturated heterocycles. The average Bonchev–Trinajstić information content (AvgIpc) is 2.49. The molecular weight excluding hydrogens is 302 g/mol. The van der Waals surface area contributed by atoms with Crippen molar-refractivity contribution in [3.8, 4) is 0 Å². The standard InChI is InChI=1S/C14H13N5O2S/c15-12-7-6-10(19(20)21)8-11(12)13(17-18-14(16)22)9-4-2-1-3-5-9/h1-8H,15H2,(H3,16,18,22). The van der Waals surface area contributed by atoms with Crippen LogP contribution in [0.5, 0.6) is 0 Å². The van der Waals surface area contributed by atoms with Crippen LogP contribution < -0.4 is 16.9 Å². The van der Waals surface area contributed by atoms with Crippen LogP contribution in [0.25, 0.3) is 0 Å². The quantitative estimate of drug-likeness (QED) is 0.260. The van der Waals surface area contributed by atoms with Crippen molar-refractivity contribution in [1.29, 1.82) is 0 Å². The maximum atomic E-state index is 11.0. The number of nitro benzene ring substituents is 1. The lowest BCUT2D eigenvalue weighted by Crippen LogP contribution is -2.26. The second-order valence-corrected chi connectivity index (χ2v) is 4.77. The van der Waals surface area contributed by atoms with Crippen LogP contribution in [-0.4, -0.2) is 15.7 Å². The van der Waals surface area contributed by atoms with Crippen LogP contribution >= 0.6 is 12.2 Å². The molecule has 7 nitrogen and oxygen atoms in total. The summed E-state index contributed by atoms with van der Waals surface area (Å²) >= 11 is 4.73. The summed E-state index contributed by atoms with van der Waals surface area (Å²) in [4.78, 5) is 10.5. The van der Waals surface area contributed by atoms with Gasteiger partial charge in [-0.1, -0.05) is 30.3 Å². The van der Waals surface area contributed by atoms with Crippen molar-refractivity contribution in [1.82, 2.24) is 5.43 Å². The fraction of sp³-hybridized carbons (Fsp3) is 0. The fourth-order valence-corrected chi connectivity index (χ4v) is 1.90. The summed E-state index contributed by atoms with van der Waals surface area (Å²) < 4.78 is 0. The summed E-state index contributed by atoms with van der Waals surface area (Å²) in [6.45, 7) is 0. The molecule has 2 aromatic rings. The maximum Gasteiger partial charge on any atom is 0.270 e. The molecule has 112 valence electrons. The van der Waals surface area contributed by atoms with Gasteiger partial charge in [0.25, 0.3) is 5.69 Å². The van der Waals surface area contributed by atoms with Crippen molar-refractivity contribution >= 4 is 34.4 Å². The minimum Gasteiger partial charge on any atom is -0.398 e. The van der Waals surface area contributed by atoms with Gasteiger partial charge >= 0.3 is 0 Å². The molecule has 0 unspecified atom stereocenters. The Labute approximate surface area is 131 Å². The normalized spacial score (nSPS) is 11.0. The number of hydrazone groups is 1. The molecule has 0 heterocycles. The number of nitro groups is 1. The first-order valence-corrected chi connectivity index (χ1v) is 6.62. The number of thiocarbonyl (C=S) groups is 1. The fourth-order valence-electron chi connectivity index (χ4n) is 1.85. The maximum absolute atomic E-state index is 11.0. The Bertz CT molecular complexity index is 746. The van der Waals surface area contributed by atoms with Crippen LogP contribution in [0.1, 0.15) is 11.1 Å². The Morgan fingerprint density at radius 3 is 2.50 bits per heavy atom. The number of non-ortho nitro benzene ring substituents is 1. The lowest BCUT2D eigenvalue weighted by Gasteiger charge is -2.10. The second kappa shape index (κ2) is 6.64. The van der Waals surface area contributed by atoms with Crippen LogP contribution in [0.2, 0.25) is 0 Å². The van der Waals surface area contributed by atoms with Gasteiger partial charge < -0.3 is 11.5 Å². The molecule has 0 radical (unpaired) electrons. The lowest BCUT2D eigenvalue weighted by molar-refractivity contribution is -0.384. The van der Waals surface area contributed by atoms with Crippen LogP contribution in [0, 0.1) is 10.1 Å². The second-order valence-electron chi connectivity index (χ2n) is 4.33. The summed E-state index contributed by atoms with van der Waals surface area (Å²) in [6.07, 6.45) is 0. The molecule has 0 fully saturated rings. The van der Waals surface area contributed by atoms with E-state index in [4.69, 9.17) is 23.7 Å². The zero-order valence-electron chi connectivity index (χ0n) is 11.4. The Hall–Kier alpha value is -3.00. The highest BCUT2D eigenvalue weighted by Gasteiger charge is 2.15. The van der Waals surface area contributed by atoms with Gasteiger partial charge in [-0.15, -0.1) is 0 Å². The Morgan fingerprint density at radius 1 is 1.23 bits per heavy atom. The van der Waals surface area contributed by atoms with Crippen LogP contribution in [0.3, 0.4) is 0 Å². The van der Waals surface area contributed by atoms with Crippen molar-refractivity contribution in [2.75, 3.05) is 5.73 Å². The molecule has 0 aliphatic carbocycles. The Morgan fingerprint density at radius 2 is 1.91 bits per heavy atom. The molecule has 0 aliphatic heterocycles. The minimum absolute atomic E-state index is 0.0163. The van der Waals surface area contributed by atoms with E-state index in [0.717, 1.165) is 5.56 Å². The van der Waals surface area contributed by atoms with E-state index in [2.05, 4.69) is 10.5 Å². The molecule has 0 aliphatic rings. The number of anilines is 1. The van der Waals surface area contributed by atoms with Crippen molar-refractivity contribution in [3.05, 3.63) is 69.8 Å². The molecule has 22 heavy (non-hydrogen) atoms. The third kappa shape index (κ3) is 3.55. The first kappa shape index (κ1) is 15.4. The van der Waals surface area contributed by atoms with Gasteiger partial charge in [0, 0.05) is 28.9 Å². The van der Waals surface area contributed by atoms with Crippen molar-refractivity contribution < 1.29 is 4.92 Å². The molecule has 8 heteroatoms. The monoisotopic (exact) mass is 315 g/mol. The molecule has 0 saturated carbocycles. The zero-order chi connectivity index (χ0) is 16.1. The molecule has 0 aromatic heterocycles. The average molecular weight is 315 g/mol. The SMILES string of the molecule is NC(=S)NN=C(c1ccccc1)c1cc([N+](=O)[O-])ccc1N. The number of nitrogen functional groups attached to an aromatic ring is 1. The number of nitrogens with two attached hydrogens (primary N) is 2. The number of hydrogen-bond acceptors (Lipinski definition) is 5. The molecule has 2 aromatic carbocycles. The summed E-state index contributed by atoms with van der Waals surface area (Å²) in [5, 5.41) is 15.1. The summed E-state index contributed by atoms with van der Waals surface area (Å²) in [5.41, 5.74) is 15.6. The summed E-state index contributed by atoms with van der Waals surface area (Å²) in [7, 11) is 0. The topological polar surface area (TPSA) is 120 Å². The first-order chi connectivity index (χ1) is 10.5. The highest BCUT2D eigenvalue weighted by atomic mass is 32.1. The Kier molecular flexibility index (Phi) is 4.64. The molecular formula is C14H13N5O2S. The van der Waals surface area contributed by atoms with Gasteiger partial charge in [0.15, 0.2) is 5.11 Å². The number of benzene rings is 2. The van der Waals surface area contributed by atoms with E-state index in [-0.39, 0.29) is 10.8 Å². The Balaban J connectivity index is 2.59. The van der Waals surface area contributed by atoms with Gasteiger partial charge in [-0.3, -0.25) is 15.5 Å². The molecule has 0 spiro atoms. The molecule has 0 amide bonds. The van der Waals surface area contributed by atoms with Crippen molar-refractivity contribution in [2.45, 2.75) is 0 Å². The highest BCUT2D eigenvalue weighted by Crippen LogP contribution is 2.23. The van der Waals surface area contributed by atoms with Crippen molar-refractivity contribution in [2.24, 2.45) is 10.8 Å². The van der Waals surface area contributed by atoms with E-state index in [1.54, 1.807) is 12.1 Å². The van der Waals surface area contributed by atoms with Crippen molar-refractivity contribution in [3.63, 3.8) is 0 Å². The van der Waals surface area contributed by atoms with Crippen LogP contribution in [-0.2, 0) is 0 Å². The van der Waals surface area contributed by atoms with E-state index in [9.17, 15) is 10.1 Å². The largest absolute Gasteiger partial charge is 0.398 e. The molecule has 0 bridgehead atoms. The predicted octanol–water partition coefficient (Wildman–Crippen LogP) is 1.76. The van der Waals surface area contributed by atoms with E-state index in [1.807, 2.05) is 18.2 Å². The number of nitrogens with zero attached hydrogens (tertiary/aromatic N) is 2. The van der Waals surface area contributed by atoms with E-state index < -0.39 is 4.92 Å². The summed E-state index contributed by atoms with van der Waals surface area (Å²) in [6, 6.07) is 13.3. The predicted molar refractivity (Wildman–Crippen MR) is 89.5 cm³/mol. The number of rotatable bonds is 4. The highest BCUT2D eigenvalue weighted by molar-refractivity contribution is 7.80.